The van der Waals surface area contributed by atoms with Crippen LogP contribution in [0.5, 0.6) is 11.5 Å². The van der Waals surface area contributed by atoms with E-state index in [0.717, 1.165) is 5.56 Å². The van der Waals surface area contributed by atoms with Gasteiger partial charge in [-0.2, -0.15) is 0 Å². The van der Waals surface area contributed by atoms with Crippen LogP contribution in [0.4, 0.5) is 4.39 Å². The second kappa shape index (κ2) is 9.65. The van der Waals surface area contributed by atoms with E-state index in [9.17, 15) is 14.0 Å². The standard InChI is InChI=1S/C25H21FO4/c1-3-10-20-21(15-27)23(26)17(2)22(25(28)30-19-13-8-5-9-14-19)24(20)29-16-18-11-6-4-7-12-18/h3-9,11-15H,1,10,16H2,2H3. The SMILES string of the molecule is C=CCc1c(C=O)c(F)c(C)c(C(=O)Oc2ccccc2)c1OCc1ccccc1. The molecule has 0 N–H and O–H groups in total. The number of ether oxygens (including phenoxy) is 2. The smallest absolute Gasteiger partial charge is 0.347 e. The first-order chi connectivity index (χ1) is 14.6. The summed E-state index contributed by atoms with van der Waals surface area (Å²) in [7, 11) is 0. The summed E-state index contributed by atoms with van der Waals surface area (Å²) in [5.74, 6) is -1.08. The van der Waals surface area contributed by atoms with Crippen LogP contribution in [0.3, 0.4) is 0 Å². The van der Waals surface area contributed by atoms with Crippen LogP contribution < -0.4 is 9.47 Å². The van der Waals surface area contributed by atoms with Gasteiger partial charge in [-0.25, -0.2) is 9.18 Å². The zero-order chi connectivity index (χ0) is 21.5. The average Bonchev–Trinajstić information content (AvgIpc) is 2.76. The number of hydrogen-bond donors (Lipinski definition) is 0. The van der Waals surface area contributed by atoms with E-state index in [1.165, 1.54) is 13.0 Å². The lowest BCUT2D eigenvalue weighted by molar-refractivity contribution is 0.0727. The molecule has 0 saturated heterocycles. The van der Waals surface area contributed by atoms with Gasteiger partial charge in [0, 0.05) is 11.1 Å². The van der Waals surface area contributed by atoms with Crippen LogP contribution in [-0.4, -0.2) is 12.3 Å². The predicted molar refractivity (Wildman–Crippen MR) is 113 cm³/mol. The number of benzene rings is 3. The summed E-state index contributed by atoms with van der Waals surface area (Å²) in [4.78, 5) is 24.6. The van der Waals surface area contributed by atoms with E-state index in [-0.39, 0.29) is 41.0 Å². The third-order valence-electron chi connectivity index (χ3n) is 4.62. The van der Waals surface area contributed by atoms with Crippen molar-refractivity contribution < 1.29 is 23.5 Å². The van der Waals surface area contributed by atoms with Crippen LogP contribution in [0, 0.1) is 12.7 Å². The van der Waals surface area contributed by atoms with E-state index in [1.807, 2.05) is 30.3 Å². The molecule has 0 aliphatic rings. The third kappa shape index (κ3) is 4.46. The van der Waals surface area contributed by atoms with Crippen LogP contribution in [0.25, 0.3) is 0 Å². The second-order valence-electron chi connectivity index (χ2n) is 6.62. The largest absolute Gasteiger partial charge is 0.488 e. The van der Waals surface area contributed by atoms with Crippen LogP contribution >= 0.6 is 0 Å². The van der Waals surface area contributed by atoms with Crippen molar-refractivity contribution in [3.05, 3.63) is 107 Å². The predicted octanol–water partition coefficient (Wildman–Crippen LogP) is 5.47. The van der Waals surface area contributed by atoms with Gasteiger partial charge in [0.05, 0.1) is 5.56 Å². The lowest BCUT2D eigenvalue weighted by atomic mass is 9.94. The summed E-state index contributed by atoms with van der Waals surface area (Å²) in [5, 5.41) is 0. The molecule has 0 fully saturated rings. The van der Waals surface area contributed by atoms with Crippen LogP contribution in [-0.2, 0) is 13.0 Å². The fourth-order valence-corrected chi connectivity index (χ4v) is 3.14. The van der Waals surface area contributed by atoms with Crippen molar-refractivity contribution >= 4 is 12.3 Å². The van der Waals surface area contributed by atoms with Gasteiger partial charge in [0.25, 0.3) is 0 Å². The lowest BCUT2D eigenvalue weighted by Crippen LogP contribution is -2.17. The molecule has 152 valence electrons. The van der Waals surface area contributed by atoms with Crippen molar-refractivity contribution in [1.29, 1.82) is 0 Å². The number of esters is 1. The molecule has 0 spiro atoms. The molecule has 0 heterocycles. The molecule has 0 aromatic heterocycles. The summed E-state index contributed by atoms with van der Waals surface area (Å²) in [6.07, 6.45) is 2.11. The number of halogens is 1. The van der Waals surface area contributed by atoms with E-state index >= 15 is 0 Å². The third-order valence-corrected chi connectivity index (χ3v) is 4.62. The number of allylic oxidation sites excluding steroid dienone is 1. The Balaban J connectivity index is 2.11. The van der Waals surface area contributed by atoms with Crippen LogP contribution in [0.2, 0.25) is 0 Å². The Bertz CT molecular complexity index is 1060. The summed E-state index contributed by atoms with van der Waals surface area (Å²) in [6.45, 7) is 5.24. The maximum absolute atomic E-state index is 15.0. The zero-order valence-corrected chi connectivity index (χ0v) is 16.6. The number of hydrogen-bond acceptors (Lipinski definition) is 4. The highest BCUT2D eigenvalue weighted by Gasteiger charge is 2.28. The average molecular weight is 404 g/mol. The van der Waals surface area contributed by atoms with Crippen molar-refractivity contribution in [3.63, 3.8) is 0 Å². The van der Waals surface area contributed by atoms with Gasteiger partial charge in [-0.1, -0.05) is 54.6 Å². The first-order valence-electron chi connectivity index (χ1n) is 9.41. The summed E-state index contributed by atoms with van der Waals surface area (Å²) in [6, 6.07) is 17.8. The molecule has 0 unspecified atom stereocenters. The summed E-state index contributed by atoms with van der Waals surface area (Å²) >= 11 is 0. The Kier molecular flexibility index (Phi) is 6.75. The quantitative estimate of drug-likeness (QED) is 0.216. The zero-order valence-electron chi connectivity index (χ0n) is 16.6. The molecule has 0 amide bonds. The molecule has 3 rings (SSSR count). The van der Waals surface area contributed by atoms with Gasteiger partial charge in [0.15, 0.2) is 6.29 Å². The van der Waals surface area contributed by atoms with Gasteiger partial charge >= 0.3 is 5.97 Å². The number of rotatable bonds is 8. The number of carbonyl (C=O) groups excluding carboxylic acids is 2. The maximum Gasteiger partial charge on any atom is 0.347 e. The Morgan fingerprint density at radius 3 is 2.30 bits per heavy atom. The molecule has 0 bridgehead atoms. The minimum Gasteiger partial charge on any atom is -0.488 e. The molecule has 0 atom stereocenters. The first-order valence-corrected chi connectivity index (χ1v) is 9.41. The van der Waals surface area contributed by atoms with Gasteiger partial charge in [-0.3, -0.25) is 4.79 Å². The van der Waals surface area contributed by atoms with Crippen molar-refractivity contribution in [3.8, 4) is 11.5 Å². The molecule has 5 heteroatoms. The highest BCUT2D eigenvalue weighted by molar-refractivity contribution is 5.98. The maximum atomic E-state index is 15.0. The highest BCUT2D eigenvalue weighted by Crippen LogP contribution is 2.35. The molecule has 3 aromatic rings. The van der Waals surface area contributed by atoms with Crippen molar-refractivity contribution in [2.24, 2.45) is 0 Å². The number of para-hydroxylation sites is 1. The molecule has 0 radical (unpaired) electrons. The fourth-order valence-electron chi connectivity index (χ4n) is 3.14. The molecule has 0 aliphatic heterocycles. The topological polar surface area (TPSA) is 52.6 Å². The normalized spacial score (nSPS) is 10.3. The molecule has 4 nitrogen and oxygen atoms in total. The fraction of sp³-hybridized carbons (Fsp3) is 0.120. The second-order valence-corrected chi connectivity index (χ2v) is 6.62. The van der Waals surface area contributed by atoms with Crippen LogP contribution in [0.15, 0.2) is 73.3 Å². The van der Waals surface area contributed by atoms with Crippen LogP contribution in [0.1, 0.15) is 37.4 Å². The Morgan fingerprint density at radius 2 is 1.70 bits per heavy atom. The molecular weight excluding hydrogens is 383 g/mol. The van der Waals surface area contributed by atoms with Crippen molar-refractivity contribution in [1.82, 2.24) is 0 Å². The van der Waals surface area contributed by atoms with E-state index in [1.54, 1.807) is 30.3 Å². The molecule has 0 aliphatic carbocycles. The van der Waals surface area contributed by atoms with E-state index in [2.05, 4.69) is 6.58 Å². The minimum atomic E-state index is -0.770. The number of carbonyl (C=O) groups is 2. The highest BCUT2D eigenvalue weighted by atomic mass is 19.1. The first kappa shape index (κ1) is 21.0. The molecule has 3 aromatic carbocycles. The van der Waals surface area contributed by atoms with Crippen molar-refractivity contribution in [2.75, 3.05) is 0 Å². The van der Waals surface area contributed by atoms with E-state index in [4.69, 9.17) is 9.47 Å². The Morgan fingerprint density at radius 1 is 1.07 bits per heavy atom. The van der Waals surface area contributed by atoms with E-state index < -0.39 is 11.8 Å². The van der Waals surface area contributed by atoms with E-state index in [0.29, 0.717) is 12.0 Å². The van der Waals surface area contributed by atoms with Gasteiger partial charge in [-0.15, -0.1) is 6.58 Å². The summed E-state index contributed by atoms with van der Waals surface area (Å²) < 4.78 is 26.4. The summed E-state index contributed by atoms with van der Waals surface area (Å²) in [5.41, 5.74) is 0.925. The Labute approximate surface area is 174 Å². The minimum absolute atomic E-state index is 0.00564. The Hall–Kier alpha value is -3.73. The molecule has 30 heavy (non-hydrogen) atoms. The lowest BCUT2D eigenvalue weighted by Gasteiger charge is -2.19. The molecular formula is C25H21FO4. The van der Waals surface area contributed by atoms with Gasteiger partial charge in [0.1, 0.15) is 29.5 Å². The monoisotopic (exact) mass is 404 g/mol. The van der Waals surface area contributed by atoms with Crippen molar-refractivity contribution in [2.45, 2.75) is 20.0 Å². The van der Waals surface area contributed by atoms with Gasteiger partial charge in [-0.05, 0) is 31.0 Å². The molecule has 0 saturated carbocycles. The number of aldehydes is 1. The van der Waals surface area contributed by atoms with Gasteiger partial charge < -0.3 is 9.47 Å². The van der Waals surface area contributed by atoms with Gasteiger partial charge in [0.2, 0.25) is 0 Å².